The number of hydrogen-bond donors (Lipinski definition) is 5. The lowest BCUT2D eigenvalue weighted by molar-refractivity contribution is -0.139. The molecule has 2 aromatic rings. The van der Waals surface area contributed by atoms with E-state index in [1.807, 2.05) is 0 Å². The Labute approximate surface area is 166 Å². The number of aliphatic hydroxyl groups is 4. The van der Waals surface area contributed by atoms with Gasteiger partial charge < -0.3 is 30.2 Å². The molecule has 5 N–H and O–H groups in total. The Balaban J connectivity index is 2.47. The average Bonchev–Trinajstić information content (AvgIpc) is 2.67. The summed E-state index contributed by atoms with van der Waals surface area (Å²) in [5.74, 6) is -1.77. The van der Waals surface area contributed by atoms with E-state index in [9.17, 15) is 42.9 Å². The van der Waals surface area contributed by atoms with Crippen LogP contribution in [0, 0.1) is 0 Å². The lowest BCUT2D eigenvalue weighted by atomic mass is 9.93. The van der Waals surface area contributed by atoms with Gasteiger partial charge >= 0.3 is 11.8 Å². The van der Waals surface area contributed by atoms with E-state index >= 15 is 0 Å². The van der Waals surface area contributed by atoms with Crippen molar-refractivity contribution in [1.82, 2.24) is 5.32 Å². The van der Waals surface area contributed by atoms with Gasteiger partial charge in [-0.25, -0.2) is 4.79 Å². The molecule has 0 aliphatic carbocycles. The summed E-state index contributed by atoms with van der Waals surface area (Å²) in [5.41, 5.74) is -3.82. The highest BCUT2D eigenvalue weighted by Gasteiger charge is 2.37. The average molecular weight is 433 g/mol. The van der Waals surface area contributed by atoms with Crippen LogP contribution in [0.5, 0.6) is 0 Å². The maximum atomic E-state index is 12.8. The zero-order valence-electron chi connectivity index (χ0n) is 15.4. The predicted molar refractivity (Wildman–Crippen MR) is 94.5 cm³/mol. The molecule has 0 spiro atoms. The van der Waals surface area contributed by atoms with Crippen LogP contribution in [0.15, 0.2) is 33.5 Å². The quantitative estimate of drug-likeness (QED) is 0.291. The van der Waals surface area contributed by atoms with Gasteiger partial charge in [0.1, 0.15) is 35.5 Å². The first kappa shape index (κ1) is 23.5. The molecule has 0 aliphatic rings. The summed E-state index contributed by atoms with van der Waals surface area (Å²) in [5, 5.41) is 40.4. The SMILES string of the molecule is CC(=O)N[C@@H](C(=O)c1ccc2cc(C(F)(F)F)c(=O)oc2c1)[C@@H](O)[C@H](O)[C@H](O)CO. The third-order valence-corrected chi connectivity index (χ3v) is 4.24. The first-order chi connectivity index (χ1) is 13.9. The summed E-state index contributed by atoms with van der Waals surface area (Å²) in [6.07, 6.45) is -10.8. The molecule has 0 fully saturated rings. The van der Waals surface area contributed by atoms with Gasteiger partial charge in [-0.15, -0.1) is 0 Å². The number of carbonyl (C=O) groups excluding carboxylic acids is 2. The standard InChI is InChI=1S/C18H18F3NO8/c1-7(24)22-13(16(28)15(27)11(25)6-23)14(26)9-3-2-8-4-10(18(19,20)21)17(29)30-12(8)5-9/h2-5,11,13,15-16,23,25,27-28H,6H2,1H3,(H,22,24)/t11-,13+,15-,16-/m1/s1. The number of hydrogen-bond acceptors (Lipinski definition) is 8. The molecule has 1 aromatic carbocycles. The van der Waals surface area contributed by atoms with Gasteiger partial charge in [0.05, 0.1) is 6.61 Å². The molecule has 12 heteroatoms. The van der Waals surface area contributed by atoms with E-state index in [2.05, 4.69) is 9.73 Å². The van der Waals surface area contributed by atoms with Crippen LogP contribution in [0.3, 0.4) is 0 Å². The monoisotopic (exact) mass is 433 g/mol. The molecule has 9 nitrogen and oxygen atoms in total. The molecular formula is C18H18F3NO8. The molecule has 0 unspecified atom stereocenters. The Morgan fingerprint density at radius 1 is 1.13 bits per heavy atom. The molecule has 1 aromatic heterocycles. The Hall–Kier alpha value is -2.80. The number of nitrogens with one attached hydrogen (secondary N) is 1. The zero-order valence-corrected chi connectivity index (χ0v) is 15.4. The van der Waals surface area contributed by atoms with Crippen LogP contribution in [0.25, 0.3) is 11.0 Å². The molecule has 4 atom stereocenters. The van der Waals surface area contributed by atoms with E-state index in [0.717, 1.165) is 25.1 Å². The summed E-state index contributed by atoms with van der Waals surface area (Å²) in [7, 11) is 0. The van der Waals surface area contributed by atoms with E-state index in [4.69, 9.17) is 5.11 Å². The second kappa shape index (κ2) is 8.92. The molecule has 164 valence electrons. The zero-order chi connectivity index (χ0) is 22.8. The smallest absolute Gasteiger partial charge is 0.422 e. The van der Waals surface area contributed by atoms with Crippen molar-refractivity contribution in [3.63, 3.8) is 0 Å². The van der Waals surface area contributed by atoms with Crippen LogP contribution >= 0.6 is 0 Å². The number of halogens is 3. The van der Waals surface area contributed by atoms with Crippen LogP contribution in [0.1, 0.15) is 22.8 Å². The van der Waals surface area contributed by atoms with Crippen LogP contribution in [-0.4, -0.2) is 63.1 Å². The van der Waals surface area contributed by atoms with Gasteiger partial charge in [-0.3, -0.25) is 9.59 Å². The van der Waals surface area contributed by atoms with Crippen molar-refractivity contribution < 1.29 is 47.6 Å². The molecule has 0 radical (unpaired) electrons. The third kappa shape index (κ3) is 5.02. The van der Waals surface area contributed by atoms with E-state index in [1.54, 1.807) is 0 Å². The molecule has 1 amide bonds. The Morgan fingerprint density at radius 2 is 1.77 bits per heavy atom. The van der Waals surface area contributed by atoms with Crippen molar-refractivity contribution in [3.8, 4) is 0 Å². The Morgan fingerprint density at radius 3 is 2.30 bits per heavy atom. The van der Waals surface area contributed by atoms with Crippen molar-refractivity contribution in [2.24, 2.45) is 0 Å². The molecule has 30 heavy (non-hydrogen) atoms. The van der Waals surface area contributed by atoms with Gasteiger partial charge in [0.25, 0.3) is 0 Å². The van der Waals surface area contributed by atoms with Crippen LogP contribution in [0.4, 0.5) is 13.2 Å². The topological polar surface area (TPSA) is 157 Å². The predicted octanol–water partition coefficient (Wildman–Crippen LogP) is -0.426. The number of Topliss-reactive ketones (excluding diaryl/α,β-unsaturated/α-hetero) is 1. The fourth-order valence-corrected chi connectivity index (χ4v) is 2.70. The highest BCUT2D eigenvalue weighted by molar-refractivity contribution is 6.04. The summed E-state index contributed by atoms with van der Waals surface area (Å²) in [6, 6.07) is 1.85. The molecule has 0 bridgehead atoms. The number of carbonyl (C=O) groups is 2. The molecular weight excluding hydrogens is 415 g/mol. The maximum absolute atomic E-state index is 12.8. The number of ketones is 1. The van der Waals surface area contributed by atoms with E-state index < -0.39 is 60.0 Å². The lowest BCUT2D eigenvalue weighted by Crippen LogP contribution is -2.55. The summed E-state index contributed by atoms with van der Waals surface area (Å²) in [6.45, 7) is 0.0713. The summed E-state index contributed by atoms with van der Waals surface area (Å²) in [4.78, 5) is 35.8. The third-order valence-electron chi connectivity index (χ3n) is 4.24. The molecule has 1 heterocycles. The minimum absolute atomic E-state index is 0.133. The maximum Gasteiger partial charge on any atom is 0.423 e. The molecule has 2 rings (SSSR count). The van der Waals surface area contributed by atoms with Gasteiger partial charge in [-0.05, 0) is 12.1 Å². The first-order valence-corrected chi connectivity index (χ1v) is 8.48. The minimum atomic E-state index is -4.94. The fourth-order valence-electron chi connectivity index (χ4n) is 2.70. The largest absolute Gasteiger partial charge is 0.423 e. The number of aliphatic hydroxyl groups excluding tert-OH is 4. The van der Waals surface area contributed by atoms with Crippen molar-refractivity contribution in [1.29, 1.82) is 0 Å². The van der Waals surface area contributed by atoms with Crippen molar-refractivity contribution in [2.45, 2.75) is 37.5 Å². The van der Waals surface area contributed by atoms with Gasteiger partial charge in [-0.2, -0.15) is 13.2 Å². The fraction of sp³-hybridized carbons (Fsp3) is 0.389. The number of benzene rings is 1. The van der Waals surface area contributed by atoms with E-state index in [1.165, 1.54) is 0 Å². The lowest BCUT2D eigenvalue weighted by Gasteiger charge is -2.28. The first-order valence-electron chi connectivity index (χ1n) is 8.48. The number of amides is 1. The molecule has 0 saturated carbocycles. The number of alkyl halides is 3. The van der Waals surface area contributed by atoms with Crippen molar-refractivity contribution in [2.75, 3.05) is 6.61 Å². The van der Waals surface area contributed by atoms with Crippen molar-refractivity contribution >= 4 is 22.7 Å². The van der Waals surface area contributed by atoms with Gasteiger partial charge in [0.15, 0.2) is 5.78 Å². The number of rotatable bonds is 7. The van der Waals surface area contributed by atoms with Gasteiger partial charge in [0.2, 0.25) is 5.91 Å². The second-order valence-electron chi connectivity index (χ2n) is 6.47. The van der Waals surface area contributed by atoms with E-state index in [-0.39, 0.29) is 16.5 Å². The highest BCUT2D eigenvalue weighted by atomic mass is 19.4. The van der Waals surface area contributed by atoms with Crippen LogP contribution in [0.2, 0.25) is 0 Å². The minimum Gasteiger partial charge on any atom is -0.422 e. The Kier molecular flexibility index (Phi) is 6.98. The van der Waals surface area contributed by atoms with E-state index in [0.29, 0.717) is 6.07 Å². The van der Waals surface area contributed by atoms with Crippen LogP contribution < -0.4 is 10.9 Å². The normalized spacial score (nSPS) is 16.0. The summed E-state index contributed by atoms with van der Waals surface area (Å²) < 4.78 is 43.1. The van der Waals surface area contributed by atoms with Gasteiger partial charge in [0, 0.05) is 17.9 Å². The van der Waals surface area contributed by atoms with Gasteiger partial charge in [-0.1, -0.05) is 12.1 Å². The molecule has 0 aliphatic heterocycles. The highest BCUT2D eigenvalue weighted by Crippen LogP contribution is 2.29. The Bertz CT molecular complexity index is 1000. The van der Waals surface area contributed by atoms with Crippen molar-refractivity contribution in [3.05, 3.63) is 45.8 Å². The number of fused-ring (bicyclic) bond motifs is 1. The second-order valence-corrected chi connectivity index (χ2v) is 6.47. The molecule has 0 saturated heterocycles. The van der Waals surface area contributed by atoms with Crippen LogP contribution in [-0.2, 0) is 11.0 Å². The summed E-state index contributed by atoms with van der Waals surface area (Å²) >= 11 is 0.